The van der Waals surface area contributed by atoms with Crippen molar-refractivity contribution >= 4 is 31.5 Å². The molecule has 1 aliphatic heterocycles. The van der Waals surface area contributed by atoms with Crippen molar-refractivity contribution in [3.63, 3.8) is 0 Å². The first kappa shape index (κ1) is 15.9. The van der Waals surface area contributed by atoms with Crippen molar-refractivity contribution in [1.29, 1.82) is 0 Å². The molecule has 1 aromatic rings. The van der Waals surface area contributed by atoms with Gasteiger partial charge in [0.2, 0.25) is 15.9 Å². The van der Waals surface area contributed by atoms with E-state index >= 15 is 0 Å². The summed E-state index contributed by atoms with van der Waals surface area (Å²) >= 11 is 0. The van der Waals surface area contributed by atoms with E-state index in [-0.39, 0.29) is 28.7 Å². The molecule has 7 nitrogen and oxygen atoms in total. The zero-order chi connectivity index (χ0) is 15.7. The van der Waals surface area contributed by atoms with E-state index in [9.17, 15) is 21.6 Å². The Morgan fingerprint density at radius 3 is 2.33 bits per heavy atom. The first-order valence-electron chi connectivity index (χ1n) is 6.28. The number of anilines is 1. The quantitative estimate of drug-likeness (QED) is 0.813. The minimum absolute atomic E-state index is 0.00164. The molecule has 1 amide bonds. The first-order valence-corrected chi connectivity index (χ1v) is 9.59. The van der Waals surface area contributed by atoms with Gasteiger partial charge in [0.1, 0.15) is 0 Å². The second kappa shape index (κ2) is 5.74. The summed E-state index contributed by atoms with van der Waals surface area (Å²) in [7, 11) is -6.91. The van der Waals surface area contributed by atoms with Crippen LogP contribution in [-0.2, 0) is 24.7 Å². The van der Waals surface area contributed by atoms with Gasteiger partial charge in [0.05, 0.1) is 16.4 Å². The summed E-state index contributed by atoms with van der Waals surface area (Å²) in [5, 5.41) is 2.53. The molecular weight excluding hydrogens is 316 g/mol. The van der Waals surface area contributed by atoms with Crippen molar-refractivity contribution in [2.24, 2.45) is 0 Å². The maximum atomic E-state index is 12.1. The van der Waals surface area contributed by atoms with Crippen LogP contribution in [0.4, 0.5) is 5.69 Å². The second-order valence-electron chi connectivity index (χ2n) is 4.93. The Bertz CT molecular complexity index is 738. The molecule has 0 aliphatic carbocycles. The average Bonchev–Trinajstić information content (AvgIpc) is 2.67. The van der Waals surface area contributed by atoms with Gasteiger partial charge in [-0.3, -0.25) is 4.79 Å². The fourth-order valence-corrected chi connectivity index (χ4v) is 5.15. The third-order valence-electron chi connectivity index (χ3n) is 3.04. The highest BCUT2D eigenvalue weighted by Crippen LogP contribution is 2.17. The monoisotopic (exact) mass is 332 g/mol. The number of sulfone groups is 1. The number of hydrogen-bond donors (Lipinski definition) is 2. The maximum Gasteiger partial charge on any atom is 0.240 e. The zero-order valence-corrected chi connectivity index (χ0v) is 13.0. The van der Waals surface area contributed by atoms with Crippen LogP contribution >= 0.6 is 0 Å². The van der Waals surface area contributed by atoms with Gasteiger partial charge in [-0.15, -0.1) is 0 Å². The summed E-state index contributed by atoms with van der Waals surface area (Å²) in [6.07, 6.45) is 0.283. The number of hydrogen-bond acceptors (Lipinski definition) is 5. The Labute approximate surface area is 123 Å². The lowest BCUT2D eigenvalue weighted by molar-refractivity contribution is -0.114. The third-order valence-corrected chi connectivity index (χ3v) is 6.34. The van der Waals surface area contributed by atoms with Gasteiger partial charge in [-0.25, -0.2) is 21.6 Å². The fourth-order valence-electron chi connectivity index (χ4n) is 2.10. The number of carbonyl (C=O) groups is 1. The number of benzene rings is 1. The molecule has 1 heterocycles. The second-order valence-corrected chi connectivity index (χ2v) is 8.87. The lowest BCUT2D eigenvalue weighted by Gasteiger charge is -2.12. The molecule has 1 fully saturated rings. The summed E-state index contributed by atoms with van der Waals surface area (Å²) in [6.45, 7) is 1.35. The summed E-state index contributed by atoms with van der Waals surface area (Å²) in [5.74, 6) is -0.419. The molecule has 116 valence electrons. The summed E-state index contributed by atoms with van der Waals surface area (Å²) in [4.78, 5) is 10.9. The van der Waals surface area contributed by atoms with Crippen molar-refractivity contribution in [3.8, 4) is 0 Å². The van der Waals surface area contributed by atoms with Gasteiger partial charge < -0.3 is 5.32 Å². The minimum Gasteiger partial charge on any atom is -0.326 e. The standard InChI is InChI=1S/C12H16N2O5S2/c1-9(15)13-10-2-4-12(5-3-10)21(18,19)14-11-6-7-20(16,17)8-11/h2-5,11,14H,6-8H2,1H3,(H,13,15)/t11-/m0/s1. The van der Waals surface area contributed by atoms with Gasteiger partial charge in [-0.2, -0.15) is 0 Å². The molecule has 21 heavy (non-hydrogen) atoms. The van der Waals surface area contributed by atoms with Crippen LogP contribution < -0.4 is 10.0 Å². The molecule has 1 atom stereocenters. The van der Waals surface area contributed by atoms with Crippen LogP contribution in [0.25, 0.3) is 0 Å². The lowest BCUT2D eigenvalue weighted by atomic mass is 10.3. The molecule has 0 aromatic heterocycles. The predicted molar refractivity (Wildman–Crippen MR) is 78.1 cm³/mol. The number of nitrogens with one attached hydrogen (secondary N) is 2. The van der Waals surface area contributed by atoms with Crippen molar-refractivity contribution in [2.75, 3.05) is 16.8 Å². The lowest BCUT2D eigenvalue weighted by Crippen LogP contribution is -2.35. The Kier molecular flexibility index (Phi) is 4.35. The molecular formula is C12H16N2O5S2. The maximum absolute atomic E-state index is 12.1. The van der Waals surface area contributed by atoms with Crippen LogP contribution in [0.15, 0.2) is 29.2 Å². The molecule has 0 unspecified atom stereocenters. The Morgan fingerprint density at radius 1 is 1.24 bits per heavy atom. The Hall–Kier alpha value is -1.45. The van der Waals surface area contributed by atoms with E-state index in [0.717, 1.165) is 0 Å². The van der Waals surface area contributed by atoms with Crippen molar-refractivity contribution in [3.05, 3.63) is 24.3 Å². The van der Waals surface area contributed by atoms with E-state index < -0.39 is 25.9 Å². The Morgan fingerprint density at radius 2 is 1.86 bits per heavy atom. The molecule has 0 spiro atoms. The van der Waals surface area contributed by atoms with E-state index in [1.807, 2.05) is 0 Å². The van der Waals surface area contributed by atoms with Crippen LogP contribution in [0.2, 0.25) is 0 Å². The molecule has 2 N–H and O–H groups in total. The van der Waals surface area contributed by atoms with Gasteiger partial charge in [0.25, 0.3) is 0 Å². The van der Waals surface area contributed by atoms with Crippen LogP contribution in [0.5, 0.6) is 0 Å². The molecule has 1 aromatic carbocycles. The smallest absolute Gasteiger partial charge is 0.240 e. The van der Waals surface area contributed by atoms with Crippen molar-refractivity contribution in [2.45, 2.75) is 24.3 Å². The van der Waals surface area contributed by atoms with E-state index in [1.54, 1.807) is 0 Å². The highest BCUT2D eigenvalue weighted by Gasteiger charge is 2.31. The fraction of sp³-hybridized carbons (Fsp3) is 0.417. The van der Waals surface area contributed by atoms with Crippen molar-refractivity contribution < 1.29 is 21.6 Å². The largest absolute Gasteiger partial charge is 0.326 e. The van der Waals surface area contributed by atoms with Gasteiger partial charge in [-0.1, -0.05) is 0 Å². The number of carbonyl (C=O) groups excluding carboxylic acids is 1. The number of rotatable bonds is 4. The average molecular weight is 332 g/mol. The van der Waals surface area contributed by atoms with E-state index in [2.05, 4.69) is 10.0 Å². The van der Waals surface area contributed by atoms with Gasteiger partial charge in [0.15, 0.2) is 9.84 Å². The van der Waals surface area contributed by atoms with Gasteiger partial charge in [0, 0.05) is 18.7 Å². The van der Waals surface area contributed by atoms with Crippen LogP contribution in [0.1, 0.15) is 13.3 Å². The van der Waals surface area contributed by atoms with E-state index in [0.29, 0.717) is 5.69 Å². The van der Waals surface area contributed by atoms with Crippen molar-refractivity contribution in [1.82, 2.24) is 4.72 Å². The first-order chi connectivity index (χ1) is 9.68. The molecule has 0 saturated carbocycles. The molecule has 9 heteroatoms. The molecule has 0 bridgehead atoms. The molecule has 2 rings (SSSR count). The summed E-state index contributed by atoms with van der Waals surface area (Å²) in [6, 6.07) is 5.08. The topological polar surface area (TPSA) is 109 Å². The minimum atomic E-state index is -3.77. The van der Waals surface area contributed by atoms with Crippen LogP contribution in [-0.4, -0.2) is 40.3 Å². The Balaban J connectivity index is 2.11. The summed E-state index contributed by atoms with van der Waals surface area (Å²) < 4.78 is 49.3. The van der Waals surface area contributed by atoms with Crippen LogP contribution in [0.3, 0.4) is 0 Å². The zero-order valence-electron chi connectivity index (χ0n) is 11.4. The highest BCUT2D eigenvalue weighted by atomic mass is 32.2. The van der Waals surface area contributed by atoms with Crippen LogP contribution in [0, 0.1) is 0 Å². The molecule has 0 radical (unpaired) electrons. The SMILES string of the molecule is CC(=O)Nc1ccc(S(=O)(=O)N[C@H]2CCS(=O)(=O)C2)cc1. The normalized spacial score (nSPS) is 21.1. The molecule has 1 aliphatic rings. The number of amides is 1. The van der Waals surface area contributed by atoms with E-state index in [4.69, 9.17) is 0 Å². The third kappa shape index (κ3) is 4.26. The van der Waals surface area contributed by atoms with Gasteiger partial charge >= 0.3 is 0 Å². The predicted octanol–water partition coefficient (Wildman–Crippen LogP) is 0.110. The van der Waals surface area contributed by atoms with Gasteiger partial charge in [-0.05, 0) is 30.7 Å². The molecule has 1 saturated heterocycles. The van der Waals surface area contributed by atoms with E-state index in [1.165, 1.54) is 31.2 Å². The summed E-state index contributed by atoms with van der Waals surface area (Å²) in [5.41, 5.74) is 0.491. The highest BCUT2D eigenvalue weighted by molar-refractivity contribution is 7.92. The number of sulfonamides is 1.